The van der Waals surface area contributed by atoms with Gasteiger partial charge in [-0.05, 0) is 6.92 Å². The Morgan fingerprint density at radius 1 is 1.60 bits per heavy atom. The van der Waals surface area contributed by atoms with Gasteiger partial charge in [-0.25, -0.2) is 4.79 Å². The van der Waals surface area contributed by atoms with Gasteiger partial charge in [-0.15, -0.1) is 0 Å². The van der Waals surface area contributed by atoms with Gasteiger partial charge in [0.1, 0.15) is 11.3 Å². The molecule has 0 aromatic rings. The molecule has 7 heteroatoms. The molecule has 0 aromatic carbocycles. The summed E-state index contributed by atoms with van der Waals surface area (Å²) < 4.78 is 11.3. The van der Waals surface area contributed by atoms with E-state index in [0.717, 1.165) is 0 Å². The maximum atomic E-state index is 11.3. The van der Waals surface area contributed by atoms with E-state index in [2.05, 4.69) is 5.32 Å². The van der Waals surface area contributed by atoms with Crippen LogP contribution in [0.15, 0.2) is 0 Å². The molecule has 3 atom stereocenters. The fourth-order valence-electron chi connectivity index (χ4n) is 0.787. The minimum absolute atomic E-state index is 0.260. The summed E-state index contributed by atoms with van der Waals surface area (Å²) in [6.45, 7) is 2.61. The quantitative estimate of drug-likeness (QED) is 0.647. The van der Waals surface area contributed by atoms with Crippen molar-refractivity contribution in [2.24, 2.45) is 0 Å². The van der Waals surface area contributed by atoms with Crippen LogP contribution in [0.3, 0.4) is 0 Å². The largest absolute Gasteiger partial charge is 0.480 e. The molecule has 1 amide bonds. The molecule has 0 fully saturated rings. The number of hydrogen-bond acceptors (Lipinski definition) is 4. The van der Waals surface area contributed by atoms with Crippen LogP contribution < -0.4 is 5.32 Å². The van der Waals surface area contributed by atoms with Crippen molar-refractivity contribution in [2.45, 2.75) is 25.1 Å². The lowest BCUT2D eigenvalue weighted by atomic mass is 10.3. The first kappa shape index (κ1) is 13.6. The standard InChI is InChI=1S/C8H12N2O4S/c1-5(3-9)15(14)4-7(8(12)13)10-6(2)11/h5,7H,4H2,1-2H3,(H,10,11)(H,12,13). The first-order chi connectivity index (χ1) is 6.88. The summed E-state index contributed by atoms with van der Waals surface area (Å²) in [6.07, 6.45) is 0. The minimum Gasteiger partial charge on any atom is -0.480 e. The maximum Gasteiger partial charge on any atom is 0.327 e. The Kier molecular flexibility index (Phi) is 5.56. The predicted molar refractivity (Wildman–Crippen MR) is 53.3 cm³/mol. The Balaban J connectivity index is 4.43. The average Bonchev–Trinajstić information content (AvgIpc) is 2.14. The lowest BCUT2D eigenvalue weighted by molar-refractivity contribution is -0.140. The number of carbonyl (C=O) groups is 2. The van der Waals surface area contributed by atoms with E-state index in [0.29, 0.717) is 0 Å². The van der Waals surface area contributed by atoms with E-state index >= 15 is 0 Å². The summed E-state index contributed by atoms with van der Waals surface area (Å²) in [6, 6.07) is 0.547. The summed E-state index contributed by atoms with van der Waals surface area (Å²) in [7, 11) is -1.59. The lowest BCUT2D eigenvalue weighted by Crippen LogP contribution is -2.44. The zero-order chi connectivity index (χ0) is 12.0. The molecule has 15 heavy (non-hydrogen) atoms. The highest BCUT2D eigenvalue weighted by atomic mass is 32.2. The molecule has 0 spiro atoms. The Morgan fingerprint density at radius 3 is 2.47 bits per heavy atom. The smallest absolute Gasteiger partial charge is 0.327 e. The zero-order valence-corrected chi connectivity index (χ0v) is 9.21. The van der Waals surface area contributed by atoms with Crippen LogP contribution >= 0.6 is 0 Å². The van der Waals surface area contributed by atoms with E-state index in [1.165, 1.54) is 13.8 Å². The second kappa shape index (κ2) is 6.14. The van der Waals surface area contributed by atoms with E-state index < -0.39 is 34.0 Å². The Labute approximate surface area is 89.7 Å². The first-order valence-electron chi connectivity index (χ1n) is 4.15. The SMILES string of the molecule is CC(=O)NC(CS(=O)C(C)C#N)C(=O)O. The monoisotopic (exact) mass is 232 g/mol. The van der Waals surface area contributed by atoms with Gasteiger partial charge in [-0.1, -0.05) is 0 Å². The van der Waals surface area contributed by atoms with E-state index in [1.807, 2.05) is 0 Å². The Morgan fingerprint density at radius 2 is 2.13 bits per heavy atom. The van der Waals surface area contributed by atoms with E-state index in [4.69, 9.17) is 10.4 Å². The summed E-state index contributed by atoms with van der Waals surface area (Å²) in [5.41, 5.74) is 0. The summed E-state index contributed by atoms with van der Waals surface area (Å²) in [5, 5.41) is 18.6. The highest BCUT2D eigenvalue weighted by Crippen LogP contribution is 1.98. The number of carboxylic acid groups (broad SMARTS) is 1. The molecule has 0 aliphatic rings. The van der Waals surface area contributed by atoms with Crippen molar-refractivity contribution >= 4 is 22.7 Å². The predicted octanol–water partition coefficient (Wildman–Crippen LogP) is -0.764. The van der Waals surface area contributed by atoms with Gasteiger partial charge in [0.15, 0.2) is 0 Å². The van der Waals surface area contributed by atoms with Crippen molar-refractivity contribution in [3.63, 3.8) is 0 Å². The van der Waals surface area contributed by atoms with Gasteiger partial charge in [0.05, 0.1) is 11.8 Å². The van der Waals surface area contributed by atoms with Crippen LogP contribution in [0.5, 0.6) is 0 Å². The van der Waals surface area contributed by atoms with Gasteiger partial charge in [0.25, 0.3) is 0 Å². The number of hydrogen-bond donors (Lipinski definition) is 2. The molecule has 84 valence electrons. The maximum absolute atomic E-state index is 11.3. The molecule has 0 saturated carbocycles. The fourth-order valence-corrected chi connectivity index (χ4v) is 1.75. The highest BCUT2D eigenvalue weighted by Gasteiger charge is 2.23. The molecule has 6 nitrogen and oxygen atoms in total. The van der Waals surface area contributed by atoms with Crippen molar-refractivity contribution < 1.29 is 18.9 Å². The van der Waals surface area contributed by atoms with Gasteiger partial charge in [0, 0.05) is 17.7 Å². The molecule has 0 aliphatic carbocycles. The Hall–Kier alpha value is -1.42. The lowest BCUT2D eigenvalue weighted by Gasteiger charge is -2.13. The van der Waals surface area contributed by atoms with Gasteiger partial charge in [-0.3, -0.25) is 9.00 Å². The average molecular weight is 232 g/mol. The van der Waals surface area contributed by atoms with Crippen LogP contribution in [-0.4, -0.2) is 38.2 Å². The van der Waals surface area contributed by atoms with Crippen LogP contribution in [-0.2, 0) is 20.4 Å². The third kappa shape index (κ3) is 5.12. The Bertz CT molecular complexity index is 323. The van der Waals surface area contributed by atoms with Crippen LogP contribution in [0.25, 0.3) is 0 Å². The van der Waals surface area contributed by atoms with Crippen LogP contribution in [0.1, 0.15) is 13.8 Å². The number of amides is 1. The van der Waals surface area contributed by atoms with Crippen molar-refractivity contribution in [1.82, 2.24) is 5.32 Å². The molecule has 0 aromatic heterocycles. The van der Waals surface area contributed by atoms with Crippen molar-refractivity contribution in [3.8, 4) is 6.07 Å². The molecule has 0 rings (SSSR count). The molecule has 0 bridgehead atoms. The van der Waals surface area contributed by atoms with Gasteiger partial charge in [-0.2, -0.15) is 5.26 Å². The van der Waals surface area contributed by atoms with Crippen LogP contribution in [0.4, 0.5) is 0 Å². The number of nitriles is 1. The zero-order valence-electron chi connectivity index (χ0n) is 8.39. The molecule has 2 N–H and O–H groups in total. The number of aliphatic carboxylic acids is 1. The van der Waals surface area contributed by atoms with E-state index in [9.17, 15) is 13.8 Å². The number of nitrogens with zero attached hydrogens (tertiary/aromatic N) is 1. The van der Waals surface area contributed by atoms with Crippen LogP contribution in [0.2, 0.25) is 0 Å². The highest BCUT2D eigenvalue weighted by molar-refractivity contribution is 7.85. The molecule has 3 unspecified atom stereocenters. The van der Waals surface area contributed by atoms with E-state index in [1.54, 1.807) is 6.07 Å². The van der Waals surface area contributed by atoms with Crippen LogP contribution in [0, 0.1) is 11.3 Å². The second-order valence-corrected chi connectivity index (χ2v) is 4.71. The number of carboxylic acids is 1. The molecule has 0 aliphatic heterocycles. The third-order valence-corrected chi connectivity index (χ3v) is 3.14. The van der Waals surface area contributed by atoms with Gasteiger partial charge in [0.2, 0.25) is 5.91 Å². The number of rotatable bonds is 5. The topological polar surface area (TPSA) is 107 Å². The molecule has 0 radical (unpaired) electrons. The summed E-state index contributed by atoms with van der Waals surface area (Å²) in [4.78, 5) is 21.3. The van der Waals surface area contributed by atoms with Gasteiger partial charge >= 0.3 is 5.97 Å². The van der Waals surface area contributed by atoms with Gasteiger partial charge < -0.3 is 10.4 Å². The second-order valence-electron chi connectivity index (χ2n) is 2.91. The molecular formula is C8H12N2O4S. The number of carbonyl (C=O) groups excluding carboxylic acids is 1. The van der Waals surface area contributed by atoms with E-state index in [-0.39, 0.29) is 5.75 Å². The third-order valence-electron chi connectivity index (χ3n) is 1.58. The molecule has 0 saturated heterocycles. The van der Waals surface area contributed by atoms with Crippen molar-refractivity contribution in [3.05, 3.63) is 0 Å². The first-order valence-corrected chi connectivity index (χ1v) is 5.53. The number of nitrogens with one attached hydrogen (secondary N) is 1. The van der Waals surface area contributed by atoms with Crippen molar-refractivity contribution in [2.75, 3.05) is 5.75 Å². The van der Waals surface area contributed by atoms with Crippen molar-refractivity contribution in [1.29, 1.82) is 5.26 Å². The summed E-state index contributed by atoms with van der Waals surface area (Å²) >= 11 is 0. The molecular weight excluding hydrogens is 220 g/mol. The fraction of sp³-hybridized carbons (Fsp3) is 0.625. The summed E-state index contributed by atoms with van der Waals surface area (Å²) in [5.74, 6) is -2.03. The normalized spacial score (nSPS) is 15.8. The minimum atomic E-state index is -1.59. The molecule has 0 heterocycles.